The molecule has 1 aliphatic carbocycles. The molecular formula is C15H21NO4. The fraction of sp³-hybridized carbons (Fsp3) is 0.600. The van der Waals surface area contributed by atoms with Gasteiger partial charge in [-0.3, -0.25) is 0 Å². The molecule has 1 aliphatic heterocycles. The number of benzene rings is 1. The van der Waals surface area contributed by atoms with E-state index in [0.29, 0.717) is 26.5 Å². The Balaban J connectivity index is 1.34. The van der Waals surface area contributed by atoms with Gasteiger partial charge in [0.05, 0.1) is 12.7 Å². The van der Waals surface area contributed by atoms with Crippen molar-refractivity contribution < 1.29 is 19.3 Å². The first-order valence-electron chi connectivity index (χ1n) is 7.16. The molecule has 5 nitrogen and oxygen atoms in total. The van der Waals surface area contributed by atoms with Crippen LogP contribution in [0.4, 0.5) is 0 Å². The summed E-state index contributed by atoms with van der Waals surface area (Å²) in [7, 11) is 0. The van der Waals surface area contributed by atoms with Crippen LogP contribution in [0.25, 0.3) is 0 Å². The molecule has 0 bridgehead atoms. The fourth-order valence-corrected chi connectivity index (χ4v) is 2.15. The van der Waals surface area contributed by atoms with Gasteiger partial charge in [-0.05, 0) is 36.5 Å². The van der Waals surface area contributed by atoms with Crippen molar-refractivity contribution in [2.75, 3.05) is 26.6 Å². The van der Waals surface area contributed by atoms with E-state index in [4.69, 9.17) is 14.2 Å². The molecule has 20 heavy (non-hydrogen) atoms. The predicted molar refractivity (Wildman–Crippen MR) is 73.8 cm³/mol. The molecule has 1 aromatic carbocycles. The number of fused-ring (bicyclic) bond motifs is 1. The summed E-state index contributed by atoms with van der Waals surface area (Å²) in [5.41, 5.74) is 1.11. The van der Waals surface area contributed by atoms with Crippen LogP contribution in [0.1, 0.15) is 18.4 Å². The van der Waals surface area contributed by atoms with Crippen molar-refractivity contribution in [2.24, 2.45) is 5.92 Å². The summed E-state index contributed by atoms with van der Waals surface area (Å²) in [6.45, 7) is 2.71. The van der Waals surface area contributed by atoms with Gasteiger partial charge in [-0.25, -0.2) is 0 Å². The molecule has 1 heterocycles. The molecule has 0 spiro atoms. The number of ether oxygens (including phenoxy) is 3. The molecule has 1 unspecified atom stereocenters. The van der Waals surface area contributed by atoms with E-state index < -0.39 is 6.10 Å². The molecule has 1 atom stereocenters. The molecule has 1 fully saturated rings. The molecule has 1 aromatic rings. The van der Waals surface area contributed by atoms with E-state index in [1.165, 1.54) is 12.8 Å². The zero-order valence-corrected chi connectivity index (χ0v) is 11.5. The third-order valence-corrected chi connectivity index (χ3v) is 3.51. The second-order valence-corrected chi connectivity index (χ2v) is 5.45. The van der Waals surface area contributed by atoms with E-state index in [1.807, 2.05) is 18.2 Å². The number of hydrogen-bond acceptors (Lipinski definition) is 5. The van der Waals surface area contributed by atoms with Gasteiger partial charge >= 0.3 is 0 Å². The third kappa shape index (κ3) is 3.85. The van der Waals surface area contributed by atoms with Crippen LogP contribution < -0.4 is 14.8 Å². The first-order valence-corrected chi connectivity index (χ1v) is 7.16. The summed E-state index contributed by atoms with van der Waals surface area (Å²) in [6, 6.07) is 5.87. The minimum atomic E-state index is -0.456. The normalized spacial score (nSPS) is 18.2. The maximum Gasteiger partial charge on any atom is 0.231 e. The minimum Gasteiger partial charge on any atom is -0.454 e. The summed E-state index contributed by atoms with van der Waals surface area (Å²) in [5.74, 6) is 2.32. The highest BCUT2D eigenvalue weighted by molar-refractivity contribution is 5.44. The van der Waals surface area contributed by atoms with Crippen LogP contribution in [-0.2, 0) is 11.3 Å². The first-order chi connectivity index (χ1) is 9.81. The van der Waals surface area contributed by atoms with Crippen molar-refractivity contribution >= 4 is 0 Å². The van der Waals surface area contributed by atoms with Gasteiger partial charge in [-0.1, -0.05) is 6.07 Å². The van der Waals surface area contributed by atoms with Crippen molar-refractivity contribution in [1.82, 2.24) is 5.32 Å². The molecule has 5 heteroatoms. The van der Waals surface area contributed by atoms with Crippen LogP contribution in [0.5, 0.6) is 11.5 Å². The Labute approximate surface area is 118 Å². The van der Waals surface area contributed by atoms with Crippen molar-refractivity contribution in [3.05, 3.63) is 23.8 Å². The van der Waals surface area contributed by atoms with Crippen molar-refractivity contribution in [2.45, 2.75) is 25.5 Å². The number of aliphatic hydroxyl groups is 1. The van der Waals surface area contributed by atoms with Crippen LogP contribution in [-0.4, -0.2) is 37.8 Å². The van der Waals surface area contributed by atoms with Gasteiger partial charge in [0.25, 0.3) is 0 Å². The topological polar surface area (TPSA) is 60.0 Å². The van der Waals surface area contributed by atoms with Gasteiger partial charge in [-0.15, -0.1) is 0 Å². The summed E-state index contributed by atoms with van der Waals surface area (Å²) < 4.78 is 16.1. The molecule has 0 radical (unpaired) electrons. The highest BCUT2D eigenvalue weighted by Crippen LogP contribution is 2.32. The molecule has 2 N–H and O–H groups in total. The third-order valence-electron chi connectivity index (χ3n) is 3.51. The van der Waals surface area contributed by atoms with Crippen molar-refractivity contribution in [1.29, 1.82) is 0 Å². The molecular weight excluding hydrogens is 258 g/mol. The Hall–Kier alpha value is -1.30. The largest absolute Gasteiger partial charge is 0.454 e. The van der Waals surface area contributed by atoms with Gasteiger partial charge in [0.1, 0.15) is 0 Å². The second-order valence-electron chi connectivity index (χ2n) is 5.45. The number of rotatable bonds is 8. The standard InChI is InChI=1S/C15H21NO4/c17-13(9-18-8-11-1-2-11)7-16-6-12-3-4-14-15(5-12)20-10-19-14/h3-5,11,13,16-17H,1-2,6-10H2. The van der Waals surface area contributed by atoms with Crippen LogP contribution in [0.3, 0.4) is 0 Å². The second kappa shape index (κ2) is 6.43. The summed E-state index contributed by atoms with van der Waals surface area (Å²) in [5, 5.41) is 13.0. The Bertz CT molecular complexity index is 447. The lowest BCUT2D eigenvalue weighted by atomic mass is 10.2. The molecule has 0 amide bonds. The molecule has 3 rings (SSSR count). The lowest BCUT2D eigenvalue weighted by molar-refractivity contribution is 0.0324. The molecule has 110 valence electrons. The van der Waals surface area contributed by atoms with E-state index in [9.17, 15) is 5.11 Å². The molecule has 1 saturated carbocycles. The van der Waals surface area contributed by atoms with Crippen molar-refractivity contribution in [3.8, 4) is 11.5 Å². The Morgan fingerprint density at radius 1 is 1.30 bits per heavy atom. The average molecular weight is 279 g/mol. The smallest absolute Gasteiger partial charge is 0.231 e. The fourth-order valence-electron chi connectivity index (χ4n) is 2.15. The maximum atomic E-state index is 9.78. The molecule has 0 aromatic heterocycles. The van der Waals surface area contributed by atoms with Crippen LogP contribution in [0, 0.1) is 5.92 Å². The van der Waals surface area contributed by atoms with Crippen LogP contribution in [0.2, 0.25) is 0 Å². The molecule has 2 aliphatic rings. The van der Waals surface area contributed by atoms with Gasteiger partial charge in [-0.2, -0.15) is 0 Å². The monoisotopic (exact) mass is 279 g/mol. The lowest BCUT2D eigenvalue weighted by Crippen LogP contribution is -2.30. The van der Waals surface area contributed by atoms with Crippen molar-refractivity contribution in [3.63, 3.8) is 0 Å². The lowest BCUT2D eigenvalue weighted by Gasteiger charge is -2.12. The summed E-state index contributed by atoms with van der Waals surface area (Å²) >= 11 is 0. The van der Waals surface area contributed by atoms with Gasteiger partial charge < -0.3 is 24.6 Å². The highest BCUT2D eigenvalue weighted by Gasteiger charge is 2.21. The zero-order valence-electron chi connectivity index (χ0n) is 11.5. The van der Waals surface area contributed by atoms with Gasteiger partial charge in [0, 0.05) is 19.7 Å². The van der Waals surface area contributed by atoms with Gasteiger partial charge in [0.2, 0.25) is 6.79 Å². The van der Waals surface area contributed by atoms with E-state index >= 15 is 0 Å². The van der Waals surface area contributed by atoms with Crippen LogP contribution in [0.15, 0.2) is 18.2 Å². The quantitative estimate of drug-likeness (QED) is 0.751. The maximum absolute atomic E-state index is 9.78. The number of hydrogen-bond donors (Lipinski definition) is 2. The van der Waals surface area contributed by atoms with E-state index in [1.54, 1.807) is 0 Å². The predicted octanol–water partition coefficient (Wildman–Crippen LogP) is 1.29. The Kier molecular flexibility index (Phi) is 4.40. The SMILES string of the molecule is OC(CNCc1ccc2c(c1)OCO2)COCC1CC1. The Morgan fingerprint density at radius 2 is 2.15 bits per heavy atom. The average Bonchev–Trinajstić information content (AvgIpc) is 3.14. The Morgan fingerprint density at radius 3 is 3.00 bits per heavy atom. The molecule has 0 saturated heterocycles. The zero-order chi connectivity index (χ0) is 13.8. The van der Waals surface area contributed by atoms with E-state index in [2.05, 4.69) is 5.32 Å². The van der Waals surface area contributed by atoms with E-state index in [0.717, 1.165) is 29.6 Å². The highest BCUT2D eigenvalue weighted by atomic mass is 16.7. The first kappa shape index (κ1) is 13.7. The minimum absolute atomic E-state index is 0.295. The van der Waals surface area contributed by atoms with E-state index in [-0.39, 0.29) is 0 Å². The van der Waals surface area contributed by atoms with Crippen LogP contribution >= 0.6 is 0 Å². The number of aliphatic hydroxyl groups excluding tert-OH is 1. The summed E-state index contributed by atoms with van der Waals surface area (Å²) in [6.07, 6.45) is 2.10. The summed E-state index contributed by atoms with van der Waals surface area (Å²) in [4.78, 5) is 0. The van der Waals surface area contributed by atoms with Gasteiger partial charge in [0.15, 0.2) is 11.5 Å². The number of nitrogens with one attached hydrogen (secondary N) is 1.